The van der Waals surface area contributed by atoms with Crippen molar-refractivity contribution >= 4 is 12.3 Å². The molecule has 0 radical (unpaired) electrons. The van der Waals surface area contributed by atoms with Gasteiger partial charge in [-0.05, 0) is 32.9 Å². The molecule has 0 atom stereocenters. The zero-order valence-corrected chi connectivity index (χ0v) is 9.60. The van der Waals surface area contributed by atoms with Gasteiger partial charge in [-0.1, -0.05) is 6.07 Å². The lowest BCUT2D eigenvalue weighted by Crippen LogP contribution is -2.29. The van der Waals surface area contributed by atoms with Crippen molar-refractivity contribution in [2.75, 3.05) is 0 Å². The molecule has 16 heavy (non-hydrogen) atoms. The standard InChI is InChI=1S/C11H15N3O2/c1-11(2,3)16-10(15)14-13-8-9-6-4-5-7-12-9/h4-8H,1-3H3,(H,14,15)/b13-8-. The summed E-state index contributed by atoms with van der Waals surface area (Å²) in [4.78, 5) is 15.2. The summed E-state index contributed by atoms with van der Waals surface area (Å²) >= 11 is 0. The van der Waals surface area contributed by atoms with Crippen molar-refractivity contribution < 1.29 is 9.53 Å². The summed E-state index contributed by atoms with van der Waals surface area (Å²) in [6, 6.07) is 5.42. The fourth-order valence-corrected chi connectivity index (χ4v) is 0.904. The fourth-order valence-electron chi connectivity index (χ4n) is 0.904. The van der Waals surface area contributed by atoms with E-state index in [2.05, 4.69) is 15.5 Å². The summed E-state index contributed by atoms with van der Waals surface area (Å²) in [6.45, 7) is 5.36. The van der Waals surface area contributed by atoms with Gasteiger partial charge < -0.3 is 4.74 Å². The van der Waals surface area contributed by atoms with E-state index in [-0.39, 0.29) is 0 Å². The lowest BCUT2D eigenvalue weighted by molar-refractivity contribution is 0.0529. The van der Waals surface area contributed by atoms with Crippen LogP contribution in [0.25, 0.3) is 0 Å². The number of carbonyl (C=O) groups excluding carboxylic acids is 1. The lowest BCUT2D eigenvalue weighted by Gasteiger charge is -2.18. The van der Waals surface area contributed by atoms with Crippen LogP contribution in [0.15, 0.2) is 29.5 Å². The van der Waals surface area contributed by atoms with E-state index in [9.17, 15) is 4.79 Å². The number of ether oxygens (including phenoxy) is 1. The lowest BCUT2D eigenvalue weighted by atomic mass is 10.2. The Bertz CT molecular complexity index is 369. The van der Waals surface area contributed by atoms with E-state index in [1.165, 1.54) is 6.21 Å². The van der Waals surface area contributed by atoms with Gasteiger partial charge in [0.1, 0.15) is 5.60 Å². The van der Waals surface area contributed by atoms with Gasteiger partial charge >= 0.3 is 6.09 Å². The molecule has 5 nitrogen and oxygen atoms in total. The van der Waals surface area contributed by atoms with Gasteiger partial charge in [0.05, 0.1) is 11.9 Å². The molecule has 0 saturated carbocycles. The van der Waals surface area contributed by atoms with Crippen molar-refractivity contribution in [2.24, 2.45) is 5.10 Å². The normalized spacial score (nSPS) is 11.4. The van der Waals surface area contributed by atoms with Crippen molar-refractivity contribution in [1.82, 2.24) is 10.4 Å². The average Bonchev–Trinajstić information content (AvgIpc) is 2.16. The SMILES string of the molecule is CC(C)(C)OC(=O)N/N=C\c1ccccn1. The Labute approximate surface area is 94.5 Å². The Morgan fingerprint density at radius 2 is 2.25 bits per heavy atom. The predicted molar refractivity (Wildman–Crippen MR) is 61.2 cm³/mol. The summed E-state index contributed by atoms with van der Waals surface area (Å²) in [7, 11) is 0. The monoisotopic (exact) mass is 221 g/mol. The van der Waals surface area contributed by atoms with Crippen molar-refractivity contribution in [3.63, 3.8) is 0 Å². The van der Waals surface area contributed by atoms with Gasteiger partial charge in [0.15, 0.2) is 0 Å². The first-order valence-electron chi connectivity index (χ1n) is 4.90. The zero-order valence-electron chi connectivity index (χ0n) is 9.60. The molecule has 0 fully saturated rings. The Morgan fingerprint density at radius 3 is 2.81 bits per heavy atom. The van der Waals surface area contributed by atoms with E-state index in [0.29, 0.717) is 5.69 Å². The molecule has 1 N–H and O–H groups in total. The van der Waals surface area contributed by atoms with E-state index >= 15 is 0 Å². The highest BCUT2D eigenvalue weighted by molar-refractivity contribution is 5.78. The number of hydrazone groups is 1. The summed E-state index contributed by atoms with van der Waals surface area (Å²) < 4.78 is 4.99. The topological polar surface area (TPSA) is 63.6 Å². The minimum Gasteiger partial charge on any atom is -0.443 e. The molecular formula is C11H15N3O2. The summed E-state index contributed by atoms with van der Waals surface area (Å²) in [5.74, 6) is 0. The van der Waals surface area contributed by atoms with Crippen molar-refractivity contribution in [1.29, 1.82) is 0 Å². The first kappa shape index (κ1) is 12.2. The van der Waals surface area contributed by atoms with Crippen LogP contribution in [0.3, 0.4) is 0 Å². The molecule has 0 unspecified atom stereocenters. The molecule has 0 saturated heterocycles. The Morgan fingerprint density at radius 1 is 1.50 bits per heavy atom. The van der Waals surface area contributed by atoms with Gasteiger partial charge in [0.25, 0.3) is 0 Å². The van der Waals surface area contributed by atoms with E-state index < -0.39 is 11.7 Å². The van der Waals surface area contributed by atoms with Gasteiger partial charge in [0, 0.05) is 6.20 Å². The highest BCUT2D eigenvalue weighted by atomic mass is 16.6. The third kappa shape index (κ3) is 5.09. The third-order valence-corrected chi connectivity index (χ3v) is 1.44. The van der Waals surface area contributed by atoms with Crippen LogP contribution >= 0.6 is 0 Å². The van der Waals surface area contributed by atoms with Crippen LogP contribution in [0.2, 0.25) is 0 Å². The number of aromatic nitrogens is 1. The molecule has 0 spiro atoms. The molecule has 1 amide bonds. The van der Waals surface area contributed by atoms with E-state index in [1.807, 2.05) is 6.07 Å². The molecule has 0 aromatic carbocycles. The van der Waals surface area contributed by atoms with Crippen molar-refractivity contribution in [3.8, 4) is 0 Å². The number of hydrogen-bond acceptors (Lipinski definition) is 4. The summed E-state index contributed by atoms with van der Waals surface area (Å²) in [5.41, 5.74) is 2.40. The van der Waals surface area contributed by atoms with Crippen LogP contribution in [0.5, 0.6) is 0 Å². The van der Waals surface area contributed by atoms with Crippen LogP contribution in [0, 0.1) is 0 Å². The van der Waals surface area contributed by atoms with E-state index in [4.69, 9.17) is 4.74 Å². The Balaban J connectivity index is 2.41. The maximum absolute atomic E-state index is 11.2. The molecule has 1 heterocycles. The van der Waals surface area contributed by atoms with Crippen LogP contribution in [0.1, 0.15) is 26.5 Å². The number of nitrogens with zero attached hydrogens (tertiary/aromatic N) is 2. The molecule has 86 valence electrons. The predicted octanol–water partition coefficient (Wildman–Crippen LogP) is 1.94. The number of rotatable bonds is 2. The minimum absolute atomic E-state index is 0.523. The molecule has 1 rings (SSSR count). The van der Waals surface area contributed by atoms with Crippen LogP contribution in [-0.4, -0.2) is 22.9 Å². The molecule has 5 heteroatoms. The zero-order chi connectivity index (χ0) is 12.0. The third-order valence-electron chi connectivity index (χ3n) is 1.44. The van der Waals surface area contributed by atoms with Gasteiger partial charge in [-0.15, -0.1) is 0 Å². The van der Waals surface area contributed by atoms with E-state index in [0.717, 1.165) is 0 Å². The molecule has 1 aromatic heterocycles. The number of amides is 1. The van der Waals surface area contributed by atoms with Crippen LogP contribution in [-0.2, 0) is 4.74 Å². The second-order valence-corrected chi connectivity index (χ2v) is 4.13. The van der Waals surface area contributed by atoms with Gasteiger partial charge in [0.2, 0.25) is 0 Å². The van der Waals surface area contributed by atoms with Crippen LogP contribution in [0.4, 0.5) is 4.79 Å². The molecular weight excluding hydrogens is 206 g/mol. The maximum Gasteiger partial charge on any atom is 0.428 e. The van der Waals surface area contributed by atoms with Crippen molar-refractivity contribution in [3.05, 3.63) is 30.1 Å². The molecule has 0 aliphatic rings. The molecule has 0 bridgehead atoms. The second kappa shape index (κ2) is 5.25. The fraction of sp³-hybridized carbons (Fsp3) is 0.364. The summed E-state index contributed by atoms with van der Waals surface area (Å²) in [5, 5.41) is 3.71. The maximum atomic E-state index is 11.2. The first-order valence-corrected chi connectivity index (χ1v) is 4.90. The van der Waals surface area contributed by atoms with E-state index in [1.54, 1.807) is 39.1 Å². The van der Waals surface area contributed by atoms with Crippen molar-refractivity contribution in [2.45, 2.75) is 26.4 Å². The molecule has 0 aliphatic heterocycles. The number of hydrogen-bond donors (Lipinski definition) is 1. The Hall–Kier alpha value is -1.91. The Kier molecular flexibility index (Phi) is 3.99. The first-order chi connectivity index (χ1) is 7.47. The quantitative estimate of drug-likeness (QED) is 0.613. The van der Waals surface area contributed by atoms with Gasteiger partial charge in [-0.3, -0.25) is 4.98 Å². The smallest absolute Gasteiger partial charge is 0.428 e. The number of pyridine rings is 1. The highest BCUT2D eigenvalue weighted by Gasteiger charge is 2.15. The number of nitrogens with one attached hydrogen (secondary N) is 1. The summed E-state index contributed by atoms with van der Waals surface area (Å²) in [6.07, 6.45) is 2.51. The van der Waals surface area contributed by atoms with Gasteiger partial charge in [-0.2, -0.15) is 5.10 Å². The largest absolute Gasteiger partial charge is 0.443 e. The average molecular weight is 221 g/mol. The number of carbonyl (C=O) groups is 1. The van der Waals surface area contributed by atoms with Crippen LogP contribution < -0.4 is 5.43 Å². The second-order valence-electron chi connectivity index (χ2n) is 4.13. The molecule has 0 aliphatic carbocycles. The van der Waals surface area contributed by atoms with Gasteiger partial charge in [-0.25, -0.2) is 10.2 Å². The molecule has 1 aromatic rings. The highest BCUT2D eigenvalue weighted by Crippen LogP contribution is 2.06. The minimum atomic E-state index is -0.584.